The number of imidazole rings is 1. The minimum absolute atomic E-state index is 0.286. The highest BCUT2D eigenvalue weighted by Crippen LogP contribution is 2.34. The first kappa shape index (κ1) is 25.0. The van der Waals surface area contributed by atoms with Gasteiger partial charge in [0.05, 0.1) is 23.6 Å². The highest BCUT2D eigenvalue weighted by atomic mass is 32.1. The molecule has 3 heterocycles. The number of amides is 1. The summed E-state index contributed by atoms with van der Waals surface area (Å²) in [6.45, 7) is 6.99. The Labute approximate surface area is 210 Å². The number of rotatable bonds is 9. The van der Waals surface area contributed by atoms with Crippen molar-refractivity contribution < 1.29 is 19.1 Å². The molecule has 0 atom stereocenters. The first-order valence-electron chi connectivity index (χ1n) is 11.5. The Kier molecular flexibility index (Phi) is 7.44. The van der Waals surface area contributed by atoms with Gasteiger partial charge in [-0.05, 0) is 38.5 Å². The minimum atomic E-state index is -0.538. The van der Waals surface area contributed by atoms with Gasteiger partial charge in [-0.15, -0.1) is 16.4 Å². The molecule has 2 N–H and O–H groups in total. The molecule has 36 heavy (non-hydrogen) atoms. The van der Waals surface area contributed by atoms with Crippen molar-refractivity contribution in [2.75, 3.05) is 18.5 Å². The molecular formula is C24H26N6O5S. The lowest BCUT2D eigenvalue weighted by Gasteiger charge is -2.12. The van der Waals surface area contributed by atoms with Crippen molar-refractivity contribution >= 4 is 33.9 Å². The van der Waals surface area contributed by atoms with Gasteiger partial charge in [0.25, 0.3) is 11.5 Å². The zero-order valence-corrected chi connectivity index (χ0v) is 21.2. The summed E-state index contributed by atoms with van der Waals surface area (Å²) in [4.78, 5) is 47.7. The van der Waals surface area contributed by atoms with E-state index in [0.717, 1.165) is 17.8 Å². The van der Waals surface area contributed by atoms with Gasteiger partial charge in [0.2, 0.25) is 0 Å². The van der Waals surface area contributed by atoms with Gasteiger partial charge in [-0.25, -0.2) is 14.5 Å². The number of ether oxygens (including phenoxy) is 2. The van der Waals surface area contributed by atoms with Gasteiger partial charge in [-0.2, -0.15) is 0 Å². The quantitative estimate of drug-likeness (QED) is 0.327. The second-order valence-corrected chi connectivity index (χ2v) is 8.79. The number of nitrogens with one attached hydrogen (secondary N) is 2. The Morgan fingerprint density at radius 1 is 1.22 bits per heavy atom. The molecule has 0 aliphatic carbocycles. The molecule has 4 rings (SSSR count). The van der Waals surface area contributed by atoms with Crippen molar-refractivity contribution in [3.63, 3.8) is 0 Å². The van der Waals surface area contributed by atoms with Crippen LogP contribution in [0.1, 0.15) is 38.7 Å². The van der Waals surface area contributed by atoms with Crippen molar-refractivity contribution in [3.8, 4) is 28.4 Å². The molecule has 0 aliphatic heterocycles. The van der Waals surface area contributed by atoms with Gasteiger partial charge in [0.15, 0.2) is 23.1 Å². The molecule has 1 amide bonds. The Hall–Kier alpha value is -4.06. The van der Waals surface area contributed by atoms with E-state index >= 15 is 0 Å². The van der Waals surface area contributed by atoms with Gasteiger partial charge in [-0.3, -0.25) is 19.7 Å². The van der Waals surface area contributed by atoms with E-state index in [9.17, 15) is 14.4 Å². The largest absolute Gasteiger partial charge is 0.493 e. The Morgan fingerprint density at radius 2 is 2.03 bits per heavy atom. The first-order valence-corrected chi connectivity index (χ1v) is 12.3. The van der Waals surface area contributed by atoms with Crippen LogP contribution in [0, 0.1) is 6.92 Å². The lowest BCUT2D eigenvalue weighted by Crippen LogP contribution is -2.19. The molecule has 0 fully saturated rings. The predicted octanol–water partition coefficient (Wildman–Crippen LogP) is 3.37. The molecule has 3 aromatic heterocycles. The number of esters is 1. The van der Waals surface area contributed by atoms with Gasteiger partial charge >= 0.3 is 5.97 Å². The van der Waals surface area contributed by atoms with E-state index < -0.39 is 11.9 Å². The van der Waals surface area contributed by atoms with Gasteiger partial charge < -0.3 is 14.5 Å². The van der Waals surface area contributed by atoms with Crippen LogP contribution in [0.15, 0.2) is 28.4 Å². The zero-order chi connectivity index (χ0) is 25.8. The standard InChI is InChI=1S/C24H26N6O5S/c1-5-7-19-25-13(3)21-23(33)28-22(29-30(19)21)16-10-15(8-9-18(16)34-6-2)17-12-36-24(26-17)27-20(32)11-35-14(4)31/h8-10,12H,5-7,11H2,1-4H3,(H,26,27,32)(H,28,29,33). The molecule has 0 unspecified atom stereocenters. The first-order chi connectivity index (χ1) is 17.3. The number of thiazole rings is 1. The van der Waals surface area contributed by atoms with E-state index in [1.54, 1.807) is 22.9 Å². The number of aromatic nitrogens is 5. The number of carbonyl (C=O) groups excluding carboxylic acids is 2. The highest BCUT2D eigenvalue weighted by Gasteiger charge is 2.18. The number of fused-ring (bicyclic) bond motifs is 1. The summed E-state index contributed by atoms with van der Waals surface area (Å²) in [7, 11) is 0. The number of hydrogen-bond donors (Lipinski definition) is 2. The third kappa shape index (κ3) is 5.28. The van der Waals surface area contributed by atoms with Crippen molar-refractivity contribution in [3.05, 3.63) is 45.5 Å². The van der Waals surface area contributed by atoms with E-state index in [1.807, 2.05) is 26.0 Å². The minimum Gasteiger partial charge on any atom is -0.493 e. The van der Waals surface area contributed by atoms with E-state index in [0.29, 0.717) is 52.2 Å². The molecule has 0 bridgehead atoms. The smallest absolute Gasteiger partial charge is 0.303 e. The maximum absolute atomic E-state index is 13.0. The predicted molar refractivity (Wildman–Crippen MR) is 135 cm³/mol. The third-order valence-electron chi connectivity index (χ3n) is 5.20. The fourth-order valence-electron chi connectivity index (χ4n) is 3.68. The summed E-state index contributed by atoms with van der Waals surface area (Å²) in [6.07, 6.45) is 1.56. The molecule has 12 heteroatoms. The number of aromatic amines is 1. The number of carbonyl (C=O) groups is 2. The fraction of sp³-hybridized carbons (Fsp3) is 0.333. The van der Waals surface area contributed by atoms with Crippen LogP contribution < -0.4 is 15.6 Å². The van der Waals surface area contributed by atoms with Crippen LogP contribution in [-0.4, -0.2) is 49.7 Å². The average molecular weight is 511 g/mol. The third-order valence-corrected chi connectivity index (χ3v) is 5.96. The van der Waals surface area contributed by atoms with Gasteiger partial charge in [0, 0.05) is 24.3 Å². The topological polar surface area (TPSA) is 141 Å². The molecule has 4 aromatic rings. The Balaban J connectivity index is 1.72. The second kappa shape index (κ2) is 10.7. The van der Waals surface area contributed by atoms with Crippen LogP contribution in [0.2, 0.25) is 0 Å². The van der Waals surface area contributed by atoms with Crippen LogP contribution in [0.3, 0.4) is 0 Å². The molecule has 1 aromatic carbocycles. The maximum Gasteiger partial charge on any atom is 0.303 e. The zero-order valence-electron chi connectivity index (χ0n) is 20.4. The lowest BCUT2D eigenvalue weighted by molar-refractivity contribution is -0.144. The molecule has 0 saturated carbocycles. The van der Waals surface area contributed by atoms with E-state index in [4.69, 9.17) is 14.6 Å². The van der Waals surface area contributed by atoms with E-state index in [2.05, 4.69) is 20.3 Å². The van der Waals surface area contributed by atoms with E-state index in [-0.39, 0.29) is 12.2 Å². The van der Waals surface area contributed by atoms with Crippen LogP contribution >= 0.6 is 11.3 Å². The normalized spacial score (nSPS) is 11.0. The number of benzene rings is 1. The molecule has 0 radical (unpaired) electrons. The second-order valence-electron chi connectivity index (χ2n) is 7.94. The highest BCUT2D eigenvalue weighted by molar-refractivity contribution is 7.14. The molecule has 0 aliphatic rings. The van der Waals surface area contributed by atoms with E-state index in [1.165, 1.54) is 18.3 Å². The van der Waals surface area contributed by atoms with Crippen molar-refractivity contribution in [2.24, 2.45) is 0 Å². The number of H-pyrrole nitrogens is 1. The summed E-state index contributed by atoms with van der Waals surface area (Å²) in [5.41, 5.74) is 2.71. The molecular weight excluding hydrogens is 484 g/mol. The summed E-state index contributed by atoms with van der Waals surface area (Å²) >= 11 is 1.24. The van der Waals surface area contributed by atoms with Gasteiger partial charge in [0.1, 0.15) is 11.6 Å². The molecule has 0 spiro atoms. The number of hydrogen-bond acceptors (Lipinski definition) is 9. The fourth-order valence-corrected chi connectivity index (χ4v) is 4.42. The van der Waals surface area contributed by atoms with Crippen LogP contribution in [0.25, 0.3) is 28.2 Å². The van der Waals surface area contributed by atoms with Crippen LogP contribution in [-0.2, 0) is 20.7 Å². The lowest BCUT2D eigenvalue weighted by atomic mass is 10.1. The van der Waals surface area contributed by atoms with Crippen molar-refractivity contribution in [2.45, 2.75) is 40.5 Å². The van der Waals surface area contributed by atoms with Crippen LogP contribution in [0.5, 0.6) is 5.75 Å². The molecule has 0 saturated heterocycles. The number of anilines is 1. The number of nitrogens with zero attached hydrogens (tertiary/aromatic N) is 4. The monoisotopic (exact) mass is 510 g/mol. The number of aryl methyl sites for hydroxylation is 2. The Morgan fingerprint density at radius 3 is 2.75 bits per heavy atom. The molecule has 11 nitrogen and oxygen atoms in total. The van der Waals surface area contributed by atoms with Gasteiger partial charge in [-0.1, -0.05) is 6.92 Å². The summed E-state index contributed by atoms with van der Waals surface area (Å²) in [6, 6.07) is 5.47. The Bertz CT molecular complexity index is 1490. The summed E-state index contributed by atoms with van der Waals surface area (Å²) in [5, 5.41) is 9.47. The van der Waals surface area contributed by atoms with Crippen LogP contribution in [0.4, 0.5) is 5.13 Å². The average Bonchev–Trinajstić information content (AvgIpc) is 3.43. The summed E-state index contributed by atoms with van der Waals surface area (Å²) in [5.74, 6) is 0.608. The van der Waals surface area contributed by atoms with Crippen molar-refractivity contribution in [1.29, 1.82) is 0 Å². The van der Waals surface area contributed by atoms with Crippen molar-refractivity contribution in [1.82, 2.24) is 24.6 Å². The molecule has 188 valence electrons. The SMILES string of the molecule is CCCc1nc(C)c2c(=O)[nH]c(-c3cc(-c4csc(NC(=O)COC(C)=O)n4)ccc3OCC)nn12. The maximum atomic E-state index is 13.0. The summed E-state index contributed by atoms with van der Waals surface area (Å²) < 4.78 is 12.1.